The third-order valence-corrected chi connectivity index (χ3v) is 3.49. The third kappa shape index (κ3) is 4.55. The maximum atomic E-state index is 13.2. The highest BCUT2D eigenvalue weighted by Gasteiger charge is 2.13. The van der Waals surface area contributed by atoms with Gasteiger partial charge in [-0.25, -0.2) is 9.18 Å². The van der Waals surface area contributed by atoms with Crippen molar-refractivity contribution in [1.29, 1.82) is 5.26 Å². The predicted molar refractivity (Wildman–Crippen MR) is 72.0 cm³/mol. The Morgan fingerprint density at radius 3 is 2.80 bits per heavy atom. The molecule has 5 nitrogen and oxygen atoms in total. The topological polar surface area (TPSA) is 81.4 Å². The van der Waals surface area contributed by atoms with E-state index in [4.69, 9.17) is 10.4 Å². The van der Waals surface area contributed by atoms with E-state index in [-0.39, 0.29) is 18.1 Å². The number of halogens is 1. The molecule has 0 unspecified atom stereocenters. The van der Waals surface area contributed by atoms with Gasteiger partial charge in [0.2, 0.25) is 5.91 Å². The molecule has 0 saturated heterocycles. The molecular formula is C13H13FN2O3S. The van der Waals surface area contributed by atoms with E-state index in [1.165, 1.54) is 17.0 Å². The van der Waals surface area contributed by atoms with E-state index in [2.05, 4.69) is 0 Å². The molecule has 0 aliphatic carbocycles. The standard InChI is InChI=1S/C13H13FN2O3S/c1-16(6-2-5-15)12(17)8-20-9-3-4-11(14)10(7-9)13(18)19/h3-4,7H,2,6,8H2,1H3,(H,18,19). The van der Waals surface area contributed by atoms with Crippen molar-refractivity contribution < 1.29 is 19.1 Å². The van der Waals surface area contributed by atoms with Crippen molar-refractivity contribution in [3.63, 3.8) is 0 Å². The molecule has 0 fully saturated rings. The van der Waals surface area contributed by atoms with Gasteiger partial charge in [-0.1, -0.05) is 0 Å². The molecule has 1 aromatic carbocycles. The van der Waals surface area contributed by atoms with Crippen LogP contribution in [0.4, 0.5) is 4.39 Å². The Balaban J connectivity index is 2.62. The fraction of sp³-hybridized carbons (Fsp3) is 0.308. The summed E-state index contributed by atoms with van der Waals surface area (Å²) in [4.78, 5) is 24.4. The van der Waals surface area contributed by atoms with Gasteiger partial charge in [0.25, 0.3) is 0 Å². The van der Waals surface area contributed by atoms with Crippen LogP contribution in [0, 0.1) is 17.1 Å². The number of amides is 1. The van der Waals surface area contributed by atoms with Gasteiger partial charge in [-0.2, -0.15) is 5.26 Å². The number of hydrogen-bond donors (Lipinski definition) is 1. The van der Waals surface area contributed by atoms with Gasteiger partial charge >= 0.3 is 5.97 Å². The molecule has 1 aromatic rings. The lowest BCUT2D eigenvalue weighted by Crippen LogP contribution is -2.29. The molecule has 0 radical (unpaired) electrons. The van der Waals surface area contributed by atoms with Gasteiger partial charge in [-0.05, 0) is 18.2 Å². The minimum absolute atomic E-state index is 0.104. The fourth-order valence-electron chi connectivity index (χ4n) is 1.36. The zero-order valence-electron chi connectivity index (χ0n) is 10.8. The van der Waals surface area contributed by atoms with Crippen LogP contribution in [0.1, 0.15) is 16.8 Å². The molecule has 0 aromatic heterocycles. The van der Waals surface area contributed by atoms with E-state index in [1.807, 2.05) is 6.07 Å². The summed E-state index contributed by atoms with van der Waals surface area (Å²) in [5.41, 5.74) is -0.416. The Labute approximate surface area is 120 Å². The number of carboxylic acids is 1. The highest BCUT2D eigenvalue weighted by atomic mass is 32.2. The number of thioether (sulfide) groups is 1. The Hall–Kier alpha value is -2.07. The summed E-state index contributed by atoms with van der Waals surface area (Å²) in [7, 11) is 1.59. The van der Waals surface area contributed by atoms with Crippen LogP contribution in [0.3, 0.4) is 0 Å². The molecule has 106 valence electrons. The molecule has 0 bridgehead atoms. The van der Waals surface area contributed by atoms with Gasteiger partial charge in [-0.3, -0.25) is 4.79 Å². The maximum absolute atomic E-state index is 13.2. The monoisotopic (exact) mass is 296 g/mol. The molecule has 1 N–H and O–H groups in total. The second kappa shape index (κ2) is 7.50. The van der Waals surface area contributed by atoms with Crippen LogP contribution in [0.15, 0.2) is 23.1 Å². The van der Waals surface area contributed by atoms with Crippen LogP contribution in [0.5, 0.6) is 0 Å². The van der Waals surface area contributed by atoms with E-state index in [0.29, 0.717) is 11.4 Å². The van der Waals surface area contributed by atoms with Gasteiger partial charge in [0.15, 0.2) is 0 Å². The largest absolute Gasteiger partial charge is 0.478 e. The average Bonchev–Trinajstić information content (AvgIpc) is 2.43. The second-order valence-electron chi connectivity index (χ2n) is 3.96. The number of benzene rings is 1. The Morgan fingerprint density at radius 2 is 2.20 bits per heavy atom. The first-order valence-electron chi connectivity index (χ1n) is 5.72. The summed E-state index contributed by atoms with van der Waals surface area (Å²) in [5.74, 6) is -2.22. The fourth-order valence-corrected chi connectivity index (χ4v) is 2.23. The number of hydrogen-bond acceptors (Lipinski definition) is 4. The average molecular weight is 296 g/mol. The second-order valence-corrected chi connectivity index (χ2v) is 5.01. The summed E-state index contributed by atoms with van der Waals surface area (Å²) in [6, 6.07) is 5.64. The van der Waals surface area contributed by atoms with E-state index in [9.17, 15) is 14.0 Å². The number of carboxylic acid groups (broad SMARTS) is 1. The molecule has 1 amide bonds. The molecule has 0 heterocycles. The Kier molecular flexibility index (Phi) is 6.00. The number of aromatic carboxylic acids is 1. The van der Waals surface area contributed by atoms with Crippen molar-refractivity contribution in [2.75, 3.05) is 19.3 Å². The lowest BCUT2D eigenvalue weighted by atomic mass is 10.2. The molecule has 0 saturated carbocycles. The quantitative estimate of drug-likeness (QED) is 0.812. The van der Waals surface area contributed by atoms with Gasteiger partial charge in [0.05, 0.1) is 23.8 Å². The van der Waals surface area contributed by atoms with Crippen LogP contribution in [0.2, 0.25) is 0 Å². The first-order valence-corrected chi connectivity index (χ1v) is 6.71. The van der Waals surface area contributed by atoms with Crippen molar-refractivity contribution in [2.24, 2.45) is 0 Å². The third-order valence-electron chi connectivity index (χ3n) is 2.52. The van der Waals surface area contributed by atoms with Gasteiger partial charge < -0.3 is 10.0 Å². The summed E-state index contributed by atoms with van der Waals surface area (Å²) < 4.78 is 13.2. The molecule has 7 heteroatoms. The maximum Gasteiger partial charge on any atom is 0.338 e. The molecule has 0 aliphatic heterocycles. The van der Waals surface area contributed by atoms with E-state index >= 15 is 0 Å². The van der Waals surface area contributed by atoms with E-state index < -0.39 is 17.3 Å². The van der Waals surface area contributed by atoms with E-state index in [1.54, 1.807) is 7.05 Å². The van der Waals surface area contributed by atoms with Crippen molar-refractivity contribution in [3.05, 3.63) is 29.6 Å². The molecule has 1 rings (SSSR count). The number of rotatable bonds is 6. The van der Waals surface area contributed by atoms with Crippen LogP contribution in [-0.4, -0.2) is 41.2 Å². The Morgan fingerprint density at radius 1 is 1.50 bits per heavy atom. The predicted octanol–water partition coefficient (Wildman–Crippen LogP) is 1.99. The molecular weight excluding hydrogens is 283 g/mol. The van der Waals surface area contributed by atoms with Gasteiger partial charge in [-0.15, -0.1) is 11.8 Å². The van der Waals surface area contributed by atoms with Crippen LogP contribution in [-0.2, 0) is 4.79 Å². The number of carbonyl (C=O) groups excluding carboxylic acids is 1. The highest BCUT2D eigenvalue weighted by molar-refractivity contribution is 8.00. The minimum Gasteiger partial charge on any atom is -0.478 e. The van der Waals surface area contributed by atoms with Crippen molar-refractivity contribution in [2.45, 2.75) is 11.3 Å². The molecule has 0 atom stereocenters. The normalized spacial score (nSPS) is 9.85. The van der Waals surface area contributed by atoms with Crippen LogP contribution < -0.4 is 0 Å². The Bertz CT molecular complexity index is 557. The van der Waals surface area contributed by atoms with Gasteiger partial charge in [0, 0.05) is 18.5 Å². The summed E-state index contributed by atoms with van der Waals surface area (Å²) in [5, 5.41) is 17.2. The minimum atomic E-state index is -1.34. The number of nitrogens with zero attached hydrogens (tertiary/aromatic N) is 2. The lowest BCUT2D eigenvalue weighted by Gasteiger charge is -2.15. The van der Waals surface area contributed by atoms with Crippen molar-refractivity contribution in [3.8, 4) is 6.07 Å². The zero-order valence-corrected chi connectivity index (χ0v) is 11.6. The van der Waals surface area contributed by atoms with Crippen molar-refractivity contribution >= 4 is 23.6 Å². The lowest BCUT2D eigenvalue weighted by molar-refractivity contribution is -0.127. The molecule has 0 aliphatic rings. The van der Waals surface area contributed by atoms with Crippen LogP contribution >= 0.6 is 11.8 Å². The molecule has 20 heavy (non-hydrogen) atoms. The summed E-state index contributed by atoms with van der Waals surface area (Å²) in [6.07, 6.45) is 0.257. The van der Waals surface area contributed by atoms with Crippen LogP contribution in [0.25, 0.3) is 0 Å². The van der Waals surface area contributed by atoms with E-state index in [0.717, 1.165) is 17.8 Å². The first kappa shape index (κ1) is 16.0. The smallest absolute Gasteiger partial charge is 0.338 e. The number of carbonyl (C=O) groups is 2. The van der Waals surface area contributed by atoms with Crippen molar-refractivity contribution in [1.82, 2.24) is 4.90 Å². The summed E-state index contributed by atoms with van der Waals surface area (Å²) >= 11 is 1.13. The number of nitriles is 1. The first-order chi connectivity index (χ1) is 9.45. The van der Waals surface area contributed by atoms with Gasteiger partial charge in [0.1, 0.15) is 5.82 Å². The SMILES string of the molecule is CN(CCC#N)C(=O)CSc1ccc(F)c(C(=O)O)c1. The zero-order chi connectivity index (χ0) is 15.1. The molecule has 0 spiro atoms. The highest BCUT2D eigenvalue weighted by Crippen LogP contribution is 2.21. The summed E-state index contributed by atoms with van der Waals surface area (Å²) in [6.45, 7) is 0.347.